The molecule has 0 amide bonds. The minimum Gasteiger partial charge on any atom is -0.497 e. The van der Waals surface area contributed by atoms with Crippen LogP contribution in [0.4, 0.5) is 0 Å². The van der Waals surface area contributed by atoms with Crippen LogP contribution in [0.5, 0.6) is 5.75 Å². The van der Waals surface area contributed by atoms with Crippen molar-refractivity contribution >= 4 is 17.0 Å². The van der Waals surface area contributed by atoms with E-state index in [2.05, 4.69) is 33.3 Å². The molecule has 2 aromatic heterocycles. The quantitative estimate of drug-likeness (QED) is 0.706. The van der Waals surface area contributed by atoms with Crippen LogP contribution in [-0.4, -0.2) is 17.4 Å². The summed E-state index contributed by atoms with van der Waals surface area (Å²) in [5.41, 5.74) is 3.19. The van der Waals surface area contributed by atoms with E-state index in [0.29, 0.717) is 0 Å². The van der Waals surface area contributed by atoms with Gasteiger partial charge in [-0.3, -0.25) is 0 Å². The Morgan fingerprint density at radius 3 is 2.78 bits per heavy atom. The fraction of sp³-hybridized carbons (Fsp3) is 0.167. The van der Waals surface area contributed by atoms with Crippen molar-refractivity contribution in [3.05, 3.63) is 65.7 Å². The lowest BCUT2D eigenvalue weighted by molar-refractivity contribution is 0.0338. The molecule has 0 radical (unpaired) electrons. The number of methoxy groups -OCH3 is 1. The van der Waals surface area contributed by atoms with Crippen LogP contribution in [-0.2, 0) is 4.84 Å². The first-order valence-electron chi connectivity index (χ1n) is 7.43. The van der Waals surface area contributed by atoms with Crippen LogP contribution < -0.4 is 4.74 Å². The number of hydrogen-bond donors (Lipinski definition) is 0. The number of thiophene rings is 1. The van der Waals surface area contributed by atoms with E-state index in [1.807, 2.05) is 36.5 Å². The second kappa shape index (κ2) is 5.93. The van der Waals surface area contributed by atoms with E-state index in [4.69, 9.17) is 9.57 Å². The van der Waals surface area contributed by atoms with Crippen molar-refractivity contribution in [1.82, 2.24) is 4.57 Å². The van der Waals surface area contributed by atoms with Crippen LogP contribution in [0.15, 0.2) is 65.3 Å². The number of ether oxygens (including phenoxy) is 1. The maximum atomic E-state index is 5.68. The van der Waals surface area contributed by atoms with Crippen LogP contribution in [0, 0.1) is 0 Å². The largest absolute Gasteiger partial charge is 0.497 e. The minimum absolute atomic E-state index is 0.0980. The van der Waals surface area contributed by atoms with Gasteiger partial charge in [0.15, 0.2) is 0 Å². The summed E-state index contributed by atoms with van der Waals surface area (Å²) in [6.45, 7) is 0. The average Bonchev–Trinajstić information content (AvgIpc) is 3.33. The first-order valence-corrected chi connectivity index (χ1v) is 8.31. The van der Waals surface area contributed by atoms with Gasteiger partial charge in [-0.1, -0.05) is 11.2 Å². The number of oxime groups is 1. The van der Waals surface area contributed by atoms with E-state index in [1.165, 1.54) is 4.88 Å². The van der Waals surface area contributed by atoms with Crippen molar-refractivity contribution in [2.75, 3.05) is 7.11 Å². The van der Waals surface area contributed by atoms with Crippen molar-refractivity contribution in [3.63, 3.8) is 0 Å². The van der Waals surface area contributed by atoms with Gasteiger partial charge in [0.2, 0.25) is 6.23 Å². The second-order valence-electron chi connectivity index (χ2n) is 5.31. The number of aromatic nitrogens is 1. The molecular formula is C18H16N2O2S. The van der Waals surface area contributed by atoms with Gasteiger partial charge < -0.3 is 14.1 Å². The number of nitrogens with zero attached hydrogens (tertiary/aromatic N) is 2. The zero-order chi connectivity index (χ0) is 15.6. The zero-order valence-corrected chi connectivity index (χ0v) is 13.5. The van der Waals surface area contributed by atoms with Crippen LogP contribution >= 0.6 is 11.3 Å². The molecule has 116 valence electrons. The van der Waals surface area contributed by atoms with E-state index in [-0.39, 0.29) is 6.23 Å². The van der Waals surface area contributed by atoms with E-state index >= 15 is 0 Å². The summed E-state index contributed by atoms with van der Waals surface area (Å²) >= 11 is 1.73. The van der Waals surface area contributed by atoms with Crippen molar-refractivity contribution in [1.29, 1.82) is 0 Å². The molecule has 0 aliphatic carbocycles. The Labute approximate surface area is 138 Å². The maximum Gasteiger partial charge on any atom is 0.209 e. The molecule has 23 heavy (non-hydrogen) atoms. The Morgan fingerprint density at radius 2 is 2.04 bits per heavy atom. The first-order chi connectivity index (χ1) is 11.3. The maximum absolute atomic E-state index is 5.68. The van der Waals surface area contributed by atoms with Gasteiger partial charge in [-0.2, -0.15) is 0 Å². The molecule has 3 heterocycles. The normalized spacial score (nSPS) is 16.9. The summed E-state index contributed by atoms with van der Waals surface area (Å²) in [6, 6.07) is 16.3. The Balaban J connectivity index is 1.55. The fourth-order valence-corrected chi connectivity index (χ4v) is 3.50. The van der Waals surface area contributed by atoms with Crippen LogP contribution in [0.3, 0.4) is 0 Å². The Hall–Kier alpha value is -2.53. The van der Waals surface area contributed by atoms with Gasteiger partial charge in [0, 0.05) is 6.20 Å². The number of hydrogen-bond acceptors (Lipinski definition) is 4. The Kier molecular flexibility index (Phi) is 3.63. The summed E-state index contributed by atoms with van der Waals surface area (Å²) in [5, 5.41) is 6.36. The molecular weight excluding hydrogens is 308 g/mol. The molecule has 1 aromatic carbocycles. The lowest BCUT2D eigenvalue weighted by Crippen LogP contribution is -2.09. The molecule has 4 rings (SSSR count). The van der Waals surface area contributed by atoms with Crippen molar-refractivity contribution in [2.24, 2.45) is 5.16 Å². The summed E-state index contributed by atoms with van der Waals surface area (Å²) in [5.74, 6) is 0.843. The molecule has 3 aromatic rings. The Bertz CT molecular complexity index is 819. The molecule has 1 unspecified atom stereocenters. The SMILES string of the molecule is COc1ccc(C2=NOC(n3cccc3-c3cccs3)C2)cc1. The predicted octanol–water partition coefficient (Wildman–Crippen LogP) is 4.55. The Morgan fingerprint density at radius 1 is 1.17 bits per heavy atom. The minimum atomic E-state index is -0.0980. The summed E-state index contributed by atoms with van der Waals surface area (Å²) in [7, 11) is 1.67. The van der Waals surface area contributed by atoms with Gasteiger partial charge in [-0.25, -0.2) is 0 Å². The fourth-order valence-electron chi connectivity index (χ4n) is 2.75. The van der Waals surface area contributed by atoms with Crippen molar-refractivity contribution in [2.45, 2.75) is 12.6 Å². The van der Waals surface area contributed by atoms with Gasteiger partial charge in [0.25, 0.3) is 0 Å². The van der Waals surface area contributed by atoms with Gasteiger partial charge >= 0.3 is 0 Å². The molecule has 0 bridgehead atoms. The molecule has 1 aliphatic heterocycles. The summed E-state index contributed by atoms with van der Waals surface area (Å²) in [6.07, 6.45) is 2.70. The molecule has 0 spiro atoms. The highest BCUT2D eigenvalue weighted by Gasteiger charge is 2.25. The van der Waals surface area contributed by atoms with E-state index in [1.54, 1.807) is 18.4 Å². The van der Waals surface area contributed by atoms with Crippen LogP contribution in [0.25, 0.3) is 10.6 Å². The highest BCUT2D eigenvalue weighted by molar-refractivity contribution is 7.13. The monoisotopic (exact) mass is 324 g/mol. The second-order valence-corrected chi connectivity index (χ2v) is 6.26. The third kappa shape index (κ3) is 2.64. The molecule has 4 nitrogen and oxygen atoms in total. The lowest BCUT2D eigenvalue weighted by atomic mass is 10.1. The molecule has 1 atom stereocenters. The smallest absolute Gasteiger partial charge is 0.209 e. The number of benzene rings is 1. The molecule has 0 N–H and O–H groups in total. The summed E-state index contributed by atoms with van der Waals surface area (Å²) < 4.78 is 7.34. The molecule has 0 saturated carbocycles. The standard InChI is InChI=1S/C18H16N2O2S/c1-21-14-8-6-13(7-9-14)15-12-18(22-19-15)20-10-2-4-16(20)17-5-3-11-23-17/h2-11,18H,12H2,1H3. The van der Waals surface area contributed by atoms with Crippen LogP contribution in [0.2, 0.25) is 0 Å². The first kappa shape index (κ1) is 14.1. The van der Waals surface area contributed by atoms with Crippen molar-refractivity contribution in [3.8, 4) is 16.3 Å². The third-order valence-electron chi connectivity index (χ3n) is 3.94. The lowest BCUT2D eigenvalue weighted by Gasteiger charge is -2.13. The van der Waals surface area contributed by atoms with Gasteiger partial charge in [0.1, 0.15) is 5.75 Å². The van der Waals surface area contributed by atoms with E-state index in [9.17, 15) is 0 Å². The summed E-state index contributed by atoms with van der Waals surface area (Å²) in [4.78, 5) is 6.92. The molecule has 1 aliphatic rings. The predicted molar refractivity (Wildman–Crippen MR) is 92.0 cm³/mol. The van der Waals surface area contributed by atoms with E-state index < -0.39 is 0 Å². The number of rotatable bonds is 4. The molecule has 0 saturated heterocycles. The van der Waals surface area contributed by atoms with Gasteiger partial charge in [-0.05, 0) is 53.4 Å². The highest BCUT2D eigenvalue weighted by Crippen LogP contribution is 2.32. The van der Waals surface area contributed by atoms with Crippen LogP contribution in [0.1, 0.15) is 18.2 Å². The van der Waals surface area contributed by atoms with Gasteiger partial charge in [-0.15, -0.1) is 11.3 Å². The third-order valence-corrected chi connectivity index (χ3v) is 4.83. The highest BCUT2D eigenvalue weighted by atomic mass is 32.1. The van der Waals surface area contributed by atoms with Gasteiger partial charge in [0.05, 0.1) is 29.8 Å². The van der Waals surface area contributed by atoms with E-state index in [0.717, 1.165) is 29.1 Å². The molecule has 5 heteroatoms. The van der Waals surface area contributed by atoms with Crippen molar-refractivity contribution < 1.29 is 9.57 Å². The topological polar surface area (TPSA) is 35.8 Å². The zero-order valence-electron chi connectivity index (χ0n) is 12.7. The molecule has 0 fully saturated rings. The average molecular weight is 324 g/mol.